The predicted octanol–water partition coefficient (Wildman–Crippen LogP) is 0.0377. The van der Waals surface area contributed by atoms with E-state index in [2.05, 4.69) is 9.68 Å². The van der Waals surface area contributed by atoms with Crippen molar-refractivity contribution in [1.82, 2.24) is 0 Å². The van der Waals surface area contributed by atoms with Crippen LogP contribution in [0.15, 0.2) is 0 Å². The van der Waals surface area contributed by atoms with Gasteiger partial charge in [-0.15, -0.1) is 20.2 Å². The van der Waals surface area contributed by atoms with Crippen LogP contribution < -0.4 is 0 Å². The van der Waals surface area contributed by atoms with E-state index in [9.17, 15) is 20.2 Å². The van der Waals surface area contributed by atoms with Gasteiger partial charge in [0.2, 0.25) is 0 Å². The molecule has 0 bridgehead atoms. The molecule has 0 aromatic carbocycles. The first-order valence-corrected chi connectivity index (χ1v) is 4.05. The van der Waals surface area contributed by atoms with E-state index in [1.54, 1.807) is 0 Å². The summed E-state index contributed by atoms with van der Waals surface area (Å²) < 4.78 is 0. The third-order valence-corrected chi connectivity index (χ3v) is 0.842. The largest absolute Gasteiger partial charge is 0.396 e. The van der Waals surface area contributed by atoms with Crippen LogP contribution in [0.25, 0.3) is 0 Å². The van der Waals surface area contributed by atoms with Gasteiger partial charge in [-0.1, -0.05) is 13.8 Å². The van der Waals surface area contributed by atoms with Crippen LogP contribution in [0.4, 0.5) is 0 Å². The first-order chi connectivity index (χ1) is 6.90. The second kappa shape index (κ2) is 10.4. The summed E-state index contributed by atoms with van der Waals surface area (Å²) in [6, 6.07) is 0. The molecule has 15 heavy (non-hydrogen) atoms. The predicted molar refractivity (Wildman–Crippen MR) is 47.8 cm³/mol. The van der Waals surface area contributed by atoms with Crippen LogP contribution in [0.1, 0.15) is 13.8 Å². The lowest BCUT2D eigenvalue weighted by Gasteiger charge is -1.95. The fourth-order valence-electron chi connectivity index (χ4n) is 0.224. The van der Waals surface area contributed by atoms with Crippen molar-refractivity contribution in [2.45, 2.75) is 13.8 Å². The van der Waals surface area contributed by atoms with Crippen molar-refractivity contribution in [1.29, 1.82) is 0 Å². The SMILES string of the molecule is CC(C)CO.O=[N+]([O-])OCCO[N+](=O)[O-]. The summed E-state index contributed by atoms with van der Waals surface area (Å²) in [5, 5.41) is 24.8. The Balaban J connectivity index is 0. The molecule has 0 aliphatic rings. The third kappa shape index (κ3) is 24.5. The lowest BCUT2D eigenvalue weighted by molar-refractivity contribution is -0.780. The quantitative estimate of drug-likeness (QED) is 0.385. The minimum atomic E-state index is -1.05. The van der Waals surface area contributed by atoms with Crippen molar-refractivity contribution in [3.8, 4) is 0 Å². The molecule has 0 aromatic rings. The van der Waals surface area contributed by atoms with E-state index in [1.807, 2.05) is 13.8 Å². The minimum Gasteiger partial charge on any atom is -0.396 e. The lowest BCUT2D eigenvalue weighted by Crippen LogP contribution is -2.11. The first kappa shape index (κ1) is 15.8. The fraction of sp³-hybridized carbons (Fsp3) is 1.00. The van der Waals surface area contributed by atoms with Crippen molar-refractivity contribution in [3.63, 3.8) is 0 Å². The number of hydrogen-bond donors (Lipinski definition) is 1. The van der Waals surface area contributed by atoms with Gasteiger partial charge in [-0.2, -0.15) is 0 Å². The van der Waals surface area contributed by atoms with Crippen LogP contribution in [0, 0.1) is 26.1 Å². The van der Waals surface area contributed by atoms with Gasteiger partial charge in [-0.25, -0.2) is 0 Å². The van der Waals surface area contributed by atoms with E-state index < -0.39 is 23.4 Å². The highest BCUT2D eigenvalue weighted by Gasteiger charge is 1.96. The number of hydrogen-bond acceptors (Lipinski definition) is 7. The van der Waals surface area contributed by atoms with Gasteiger partial charge in [0, 0.05) is 6.61 Å². The monoisotopic (exact) mass is 226 g/mol. The molecular formula is C6H14N2O7. The highest BCUT2D eigenvalue weighted by molar-refractivity contribution is 4.32. The highest BCUT2D eigenvalue weighted by atomic mass is 17.0. The van der Waals surface area contributed by atoms with E-state index in [1.165, 1.54) is 0 Å². The summed E-state index contributed by atoms with van der Waals surface area (Å²) in [5.74, 6) is 0.440. The molecule has 0 rings (SSSR count). The molecule has 0 unspecified atom stereocenters. The van der Waals surface area contributed by atoms with Crippen molar-refractivity contribution in [2.24, 2.45) is 5.92 Å². The average Bonchev–Trinajstić information content (AvgIpc) is 2.13. The summed E-state index contributed by atoms with van der Waals surface area (Å²) in [7, 11) is 0. The average molecular weight is 226 g/mol. The molecule has 9 heteroatoms. The topological polar surface area (TPSA) is 125 Å². The van der Waals surface area contributed by atoms with Crippen LogP contribution in [0.5, 0.6) is 0 Å². The molecule has 1 N–H and O–H groups in total. The zero-order chi connectivity index (χ0) is 12.3. The Morgan fingerprint density at radius 2 is 1.40 bits per heavy atom. The lowest BCUT2D eigenvalue weighted by atomic mass is 10.2. The molecule has 0 radical (unpaired) electrons. The fourth-order valence-corrected chi connectivity index (χ4v) is 0.224. The van der Waals surface area contributed by atoms with Crippen LogP contribution in [-0.2, 0) is 9.68 Å². The Bertz CT molecular complexity index is 168. The Kier molecular flexibility index (Phi) is 11.0. The molecule has 0 saturated heterocycles. The maximum Gasteiger partial charge on any atom is 0.294 e. The molecule has 0 atom stereocenters. The second-order valence-electron chi connectivity index (χ2n) is 2.69. The number of rotatable bonds is 6. The summed E-state index contributed by atoms with van der Waals surface area (Å²) >= 11 is 0. The zero-order valence-corrected chi connectivity index (χ0v) is 8.49. The van der Waals surface area contributed by atoms with Gasteiger partial charge in [0.1, 0.15) is 13.2 Å². The van der Waals surface area contributed by atoms with Gasteiger partial charge in [0.25, 0.3) is 10.2 Å². The van der Waals surface area contributed by atoms with Crippen LogP contribution in [0.3, 0.4) is 0 Å². The number of aliphatic hydroxyl groups is 1. The number of nitrogens with zero attached hydrogens (tertiary/aromatic N) is 2. The van der Waals surface area contributed by atoms with Crippen LogP contribution >= 0.6 is 0 Å². The summed E-state index contributed by atoms with van der Waals surface area (Å²) in [4.78, 5) is 26.2. The summed E-state index contributed by atoms with van der Waals surface area (Å²) in [6.45, 7) is 3.38. The van der Waals surface area contributed by atoms with E-state index in [4.69, 9.17) is 5.11 Å². The van der Waals surface area contributed by atoms with E-state index in [-0.39, 0.29) is 0 Å². The molecule has 0 aliphatic heterocycles. The van der Waals surface area contributed by atoms with Gasteiger partial charge >= 0.3 is 0 Å². The smallest absolute Gasteiger partial charge is 0.294 e. The maximum atomic E-state index is 9.40. The van der Waals surface area contributed by atoms with Gasteiger partial charge in [-0.3, -0.25) is 0 Å². The van der Waals surface area contributed by atoms with Crippen LogP contribution in [0.2, 0.25) is 0 Å². The zero-order valence-electron chi connectivity index (χ0n) is 8.49. The Morgan fingerprint density at radius 1 is 1.13 bits per heavy atom. The molecule has 9 nitrogen and oxygen atoms in total. The molecule has 0 aromatic heterocycles. The maximum absolute atomic E-state index is 9.40. The van der Waals surface area contributed by atoms with Crippen molar-refractivity contribution in [2.75, 3.05) is 19.8 Å². The Morgan fingerprint density at radius 3 is 1.53 bits per heavy atom. The molecule has 0 fully saturated rings. The second-order valence-corrected chi connectivity index (χ2v) is 2.69. The van der Waals surface area contributed by atoms with E-state index in [0.717, 1.165) is 0 Å². The molecule has 0 spiro atoms. The van der Waals surface area contributed by atoms with Crippen molar-refractivity contribution >= 4 is 0 Å². The van der Waals surface area contributed by atoms with E-state index >= 15 is 0 Å². The first-order valence-electron chi connectivity index (χ1n) is 4.05. The molecule has 0 amide bonds. The molecule has 0 saturated carbocycles. The van der Waals surface area contributed by atoms with Crippen LogP contribution in [-0.4, -0.2) is 35.1 Å². The van der Waals surface area contributed by atoms with Gasteiger partial charge in [0.15, 0.2) is 0 Å². The Labute approximate surface area is 85.8 Å². The highest BCUT2D eigenvalue weighted by Crippen LogP contribution is 1.83. The molecule has 0 aliphatic carbocycles. The molecular weight excluding hydrogens is 212 g/mol. The van der Waals surface area contributed by atoms with Gasteiger partial charge in [0.05, 0.1) is 0 Å². The normalized spacial score (nSPS) is 8.80. The summed E-state index contributed by atoms with van der Waals surface area (Å²) in [6.07, 6.45) is 0. The number of aliphatic hydroxyl groups excluding tert-OH is 1. The molecule has 0 heterocycles. The van der Waals surface area contributed by atoms with Crippen molar-refractivity contribution < 1.29 is 25.0 Å². The molecule has 90 valence electrons. The summed E-state index contributed by atoms with van der Waals surface area (Å²) in [5.41, 5.74) is 0. The standard InChI is InChI=1S/C4H10O.C2H4N2O6/c1-4(2)3-5;5-3(6)9-1-2-10-4(7)8/h4-5H,3H2,1-2H3;1-2H2. The van der Waals surface area contributed by atoms with Gasteiger partial charge < -0.3 is 14.8 Å². The van der Waals surface area contributed by atoms with Gasteiger partial charge in [-0.05, 0) is 5.92 Å². The van der Waals surface area contributed by atoms with E-state index in [0.29, 0.717) is 12.5 Å². The third-order valence-electron chi connectivity index (χ3n) is 0.842. The van der Waals surface area contributed by atoms with Crippen molar-refractivity contribution in [3.05, 3.63) is 20.2 Å². The Hall–Kier alpha value is -1.64. The minimum absolute atomic E-state index is 0.306.